The van der Waals surface area contributed by atoms with Gasteiger partial charge in [-0.1, -0.05) is 36.4 Å². The van der Waals surface area contributed by atoms with Crippen LogP contribution in [0.4, 0.5) is 10.1 Å². The molecule has 108 valence electrons. The molecule has 0 fully saturated rings. The minimum absolute atomic E-state index is 0.227. The Hall–Kier alpha value is -2.36. The molecule has 0 aliphatic carbocycles. The predicted molar refractivity (Wildman–Crippen MR) is 78.9 cm³/mol. The number of fused-ring (bicyclic) bond motifs is 1. The first-order valence-corrected chi connectivity index (χ1v) is 6.97. The number of anilines is 1. The van der Waals surface area contributed by atoms with Crippen molar-refractivity contribution in [2.45, 2.75) is 18.9 Å². The largest absolute Gasteiger partial charge is 0.481 e. The highest BCUT2D eigenvalue weighted by molar-refractivity contribution is 5.80. The van der Waals surface area contributed by atoms with Gasteiger partial charge >= 0.3 is 5.97 Å². The van der Waals surface area contributed by atoms with Crippen LogP contribution in [0.25, 0.3) is 0 Å². The van der Waals surface area contributed by atoms with Crippen LogP contribution < -0.4 is 4.90 Å². The van der Waals surface area contributed by atoms with Gasteiger partial charge in [0.15, 0.2) is 0 Å². The Morgan fingerprint density at radius 3 is 2.67 bits per heavy atom. The van der Waals surface area contributed by atoms with Crippen molar-refractivity contribution in [3.8, 4) is 0 Å². The lowest BCUT2D eigenvalue weighted by Gasteiger charge is -2.34. The zero-order chi connectivity index (χ0) is 14.8. The highest BCUT2D eigenvalue weighted by Gasteiger charge is 2.29. The van der Waals surface area contributed by atoms with E-state index in [0.717, 1.165) is 11.3 Å². The standard InChI is InChI=1S/C17H16FNO2/c18-15-7-3-1-5-12(15)11-19-10-9-14(17(20)21)13-6-2-4-8-16(13)19/h1-8,14H,9-11H2,(H,20,21). The molecule has 1 atom stereocenters. The van der Waals surface area contributed by atoms with Crippen molar-refractivity contribution in [2.24, 2.45) is 0 Å². The van der Waals surface area contributed by atoms with Crippen LogP contribution in [-0.4, -0.2) is 17.6 Å². The third-order valence-electron chi connectivity index (χ3n) is 3.96. The lowest BCUT2D eigenvalue weighted by molar-refractivity contribution is -0.139. The number of carboxylic acid groups (broad SMARTS) is 1. The molecule has 0 radical (unpaired) electrons. The van der Waals surface area contributed by atoms with Crippen molar-refractivity contribution < 1.29 is 14.3 Å². The molecule has 3 rings (SSSR count). The van der Waals surface area contributed by atoms with Gasteiger partial charge in [-0.3, -0.25) is 4.79 Å². The Kier molecular flexibility index (Phi) is 3.60. The summed E-state index contributed by atoms with van der Waals surface area (Å²) < 4.78 is 13.8. The second-order valence-electron chi connectivity index (χ2n) is 5.25. The van der Waals surface area contributed by atoms with Gasteiger partial charge in [-0.2, -0.15) is 0 Å². The van der Waals surface area contributed by atoms with Crippen LogP contribution in [-0.2, 0) is 11.3 Å². The van der Waals surface area contributed by atoms with E-state index in [4.69, 9.17) is 0 Å². The lowest BCUT2D eigenvalue weighted by atomic mass is 9.90. The van der Waals surface area contributed by atoms with Gasteiger partial charge in [-0.25, -0.2) is 4.39 Å². The zero-order valence-corrected chi connectivity index (χ0v) is 11.5. The molecule has 21 heavy (non-hydrogen) atoms. The number of carbonyl (C=O) groups is 1. The summed E-state index contributed by atoms with van der Waals surface area (Å²) in [5.74, 6) is -1.50. The molecule has 2 aromatic rings. The number of hydrogen-bond donors (Lipinski definition) is 1. The number of hydrogen-bond acceptors (Lipinski definition) is 2. The average molecular weight is 285 g/mol. The maximum atomic E-state index is 13.8. The molecule has 1 aliphatic heterocycles. The van der Waals surface area contributed by atoms with E-state index in [0.29, 0.717) is 25.1 Å². The molecule has 0 saturated carbocycles. The first-order chi connectivity index (χ1) is 10.2. The van der Waals surface area contributed by atoms with Crippen LogP contribution in [0.3, 0.4) is 0 Å². The molecule has 1 N–H and O–H groups in total. The Morgan fingerprint density at radius 2 is 1.90 bits per heavy atom. The van der Waals surface area contributed by atoms with Gasteiger partial charge in [0.25, 0.3) is 0 Å². The maximum absolute atomic E-state index is 13.8. The van der Waals surface area contributed by atoms with E-state index in [1.54, 1.807) is 12.1 Å². The van der Waals surface area contributed by atoms with E-state index in [2.05, 4.69) is 0 Å². The second kappa shape index (κ2) is 5.56. The molecule has 3 nitrogen and oxygen atoms in total. The molecule has 0 bridgehead atoms. The second-order valence-corrected chi connectivity index (χ2v) is 5.25. The summed E-state index contributed by atoms with van der Waals surface area (Å²) >= 11 is 0. The first-order valence-electron chi connectivity index (χ1n) is 6.97. The van der Waals surface area contributed by atoms with Gasteiger partial charge in [0.1, 0.15) is 5.82 Å². The van der Waals surface area contributed by atoms with Crippen molar-refractivity contribution in [1.29, 1.82) is 0 Å². The fourth-order valence-corrected chi connectivity index (χ4v) is 2.88. The van der Waals surface area contributed by atoms with Crippen LogP contribution in [0.15, 0.2) is 48.5 Å². The summed E-state index contributed by atoms with van der Waals surface area (Å²) in [6.07, 6.45) is 0.542. The number of rotatable bonds is 3. The minimum atomic E-state index is -0.798. The molecule has 0 amide bonds. The molecule has 1 heterocycles. The summed E-state index contributed by atoms with van der Waals surface area (Å²) in [5.41, 5.74) is 2.33. The predicted octanol–water partition coefficient (Wildman–Crippen LogP) is 3.40. The number of para-hydroxylation sites is 1. The molecule has 0 aromatic heterocycles. The van der Waals surface area contributed by atoms with E-state index in [-0.39, 0.29) is 5.82 Å². The van der Waals surface area contributed by atoms with E-state index in [9.17, 15) is 14.3 Å². The van der Waals surface area contributed by atoms with Crippen LogP contribution in [0.5, 0.6) is 0 Å². The molecule has 1 unspecified atom stereocenters. The summed E-state index contributed by atoms with van der Waals surface area (Å²) in [5, 5.41) is 9.33. The van der Waals surface area contributed by atoms with Crippen LogP contribution in [0.1, 0.15) is 23.5 Å². The van der Waals surface area contributed by atoms with E-state index in [1.807, 2.05) is 35.2 Å². The van der Waals surface area contributed by atoms with Crippen molar-refractivity contribution in [3.05, 3.63) is 65.5 Å². The summed E-state index contributed by atoms with van der Waals surface area (Å²) in [7, 11) is 0. The van der Waals surface area contributed by atoms with Gasteiger partial charge in [-0.15, -0.1) is 0 Å². The van der Waals surface area contributed by atoms with Crippen molar-refractivity contribution in [1.82, 2.24) is 0 Å². The Bertz CT molecular complexity index is 671. The third-order valence-corrected chi connectivity index (χ3v) is 3.96. The molecular formula is C17H16FNO2. The molecular weight excluding hydrogens is 269 g/mol. The van der Waals surface area contributed by atoms with Gasteiger partial charge in [0.05, 0.1) is 5.92 Å². The number of halogens is 1. The molecule has 0 saturated heterocycles. The van der Waals surface area contributed by atoms with Crippen molar-refractivity contribution in [2.75, 3.05) is 11.4 Å². The Balaban J connectivity index is 1.93. The van der Waals surface area contributed by atoms with Gasteiger partial charge in [-0.05, 0) is 24.1 Å². The fourth-order valence-electron chi connectivity index (χ4n) is 2.88. The van der Waals surface area contributed by atoms with Crippen molar-refractivity contribution >= 4 is 11.7 Å². The summed E-state index contributed by atoms with van der Waals surface area (Å²) in [6, 6.07) is 14.2. The number of nitrogens with zero attached hydrogens (tertiary/aromatic N) is 1. The highest BCUT2D eigenvalue weighted by atomic mass is 19.1. The van der Waals surface area contributed by atoms with Gasteiger partial charge in [0.2, 0.25) is 0 Å². The third kappa shape index (κ3) is 2.61. The number of carboxylic acids is 1. The van der Waals surface area contributed by atoms with Crippen molar-refractivity contribution in [3.63, 3.8) is 0 Å². The van der Waals surface area contributed by atoms with Gasteiger partial charge in [0, 0.05) is 24.3 Å². The Labute approximate surface area is 122 Å². The van der Waals surface area contributed by atoms with Crippen LogP contribution in [0.2, 0.25) is 0 Å². The van der Waals surface area contributed by atoms with Crippen LogP contribution >= 0.6 is 0 Å². The fraction of sp³-hybridized carbons (Fsp3) is 0.235. The topological polar surface area (TPSA) is 40.5 Å². The Morgan fingerprint density at radius 1 is 1.19 bits per heavy atom. The molecule has 4 heteroatoms. The average Bonchev–Trinajstić information content (AvgIpc) is 2.49. The number of aliphatic carboxylic acids is 1. The molecule has 1 aliphatic rings. The SMILES string of the molecule is O=C(O)C1CCN(Cc2ccccc2F)c2ccccc21. The molecule has 2 aromatic carbocycles. The minimum Gasteiger partial charge on any atom is -0.481 e. The lowest BCUT2D eigenvalue weighted by Crippen LogP contribution is -2.33. The smallest absolute Gasteiger partial charge is 0.311 e. The maximum Gasteiger partial charge on any atom is 0.311 e. The summed E-state index contributed by atoms with van der Waals surface area (Å²) in [4.78, 5) is 13.4. The quantitative estimate of drug-likeness (QED) is 0.939. The van der Waals surface area contributed by atoms with E-state index >= 15 is 0 Å². The number of benzene rings is 2. The van der Waals surface area contributed by atoms with E-state index < -0.39 is 11.9 Å². The highest BCUT2D eigenvalue weighted by Crippen LogP contribution is 2.36. The van der Waals surface area contributed by atoms with E-state index in [1.165, 1.54) is 6.07 Å². The summed E-state index contributed by atoms with van der Waals surface area (Å²) in [6.45, 7) is 1.07. The monoisotopic (exact) mass is 285 g/mol. The van der Waals surface area contributed by atoms with Gasteiger partial charge < -0.3 is 10.0 Å². The van der Waals surface area contributed by atoms with Crippen LogP contribution in [0, 0.1) is 5.82 Å². The molecule has 0 spiro atoms. The normalized spacial score (nSPS) is 17.4. The zero-order valence-electron chi connectivity index (χ0n) is 11.5. The first kappa shape index (κ1) is 13.6.